The van der Waals surface area contributed by atoms with E-state index in [9.17, 15) is 9.59 Å². The Balaban J connectivity index is 1.96. The van der Waals surface area contributed by atoms with Gasteiger partial charge in [0.15, 0.2) is 0 Å². The number of hydrogen-bond acceptors (Lipinski definition) is 3. The Kier molecular flexibility index (Phi) is 8.52. The van der Waals surface area contributed by atoms with Gasteiger partial charge in [-0.25, -0.2) is 0 Å². The van der Waals surface area contributed by atoms with Crippen molar-refractivity contribution >= 4 is 12.3 Å². The molecule has 0 amide bonds. The molecule has 0 aromatic carbocycles. The second-order valence-corrected chi connectivity index (χ2v) is 5.66. The molecule has 0 radical (unpaired) electrons. The summed E-state index contributed by atoms with van der Waals surface area (Å²) in [5.74, 6) is -0.340. The predicted octanol–water partition coefficient (Wildman–Crippen LogP) is 4.04. The highest BCUT2D eigenvalue weighted by Gasteiger charge is 2.33. The van der Waals surface area contributed by atoms with Crippen molar-refractivity contribution in [1.82, 2.24) is 0 Å². The van der Waals surface area contributed by atoms with Crippen LogP contribution in [0.1, 0.15) is 77.6 Å². The van der Waals surface area contributed by atoms with E-state index in [1.807, 2.05) is 0 Å². The number of hydrogen-bond donors (Lipinski definition) is 0. The summed E-state index contributed by atoms with van der Waals surface area (Å²) in [5.41, 5.74) is 0. The first kappa shape index (κ1) is 16.2. The molecule has 110 valence electrons. The van der Waals surface area contributed by atoms with Crippen molar-refractivity contribution in [3.05, 3.63) is 0 Å². The van der Waals surface area contributed by atoms with E-state index in [4.69, 9.17) is 4.74 Å². The number of carbonyl (C=O) groups excluding carboxylic acids is 2. The summed E-state index contributed by atoms with van der Waals surface area (Å²) < 4.78 is 5.29. The molecule has 0 bridgehead atoms. The zero-order valence-corrected chi connectivity index (χ0v) is 12.2. The summed E-state index contributed by atoms with van der Waals surface area (Å²) >= 11 is 0. The van der Waals surface area contributed by atoms with E-state index < -0.39 is 0 Å². The van der Waals surface area contributed by atoms with Gasteiger partial charge in [-0.1, -0.05) is 51.9 Å². The number of rotatable bonds is 11. The molecule has 0 unspecified atom stereocenters. The van der Waals surface area contributed by atoms with E-state index in [1.54, 1.807) is 0 Å². The Morgan fingerprint density at radius 2 is 1.74 bits per heavy atom. The fourth-order valence-electron chi connectivity index (χ4n) is 2.71. The van der Waals surface area contributed by atoms with Gasteiger partial charge in [-0.3, -0.25) is 4.79 Å². The zero-order chi connectivity index (χ0) is 13.9. The Hall–Kier alpha value is -0.860. The van der Waals surface area contributed by atoms with Crippen LogP contribution in [0.5, 0.6) is 0 Å². The smallest absolute Gasteiger partial charge is 0.309 e. The molecule has 3 heteroatoms. The van der Waals surface area contributed by atoms with Gasteiger partial charge < -0.3 is 9.53 Å². The third kappa shape index (κ3) is 6.74. The summed E-state index contributed by atoms with van der Waals surface area (Å²) in [5, 5.41) is 0. The molecule has 0 N–H and O–H groups in total. The van der Waals surface area contributed by atoms with Gasteiger partial charge in [0, 0.05) is 6.42 Å². The molecule has 0 spiro atoms. The van der Waals surface area contributed by atoms with Crippen LogP contribution in [0.15, 0.2) is 0 Å². The molecular formula is C16H28O3. The molecule has 1 aliphatic heterocycles. The topological polar surface area (TPSA) is 43.4 Å². The van der Waals surface area contributed by atoms with Crippen molar-refractivity contribution in [2.24, 2.45) is 5.92 Å². The summed E-state index contributed by atoms with van der Waals surface area (Å²) in [7, 11) is 0. The Bertz CT molecular complexity index is 263. The Morgan fingerprint density at radius 1 is 1.11 bits per heavy atom. The lowest BCUT2D eigenvalue weighted by atomic mass is 9.98. The third-order valence-electron chi connectivity index (χ3n) is 3.92. The minimum atomic E-state index is -0.170. The van der Waals surface area contributed by atoms with Crippen LogP contribution in [-0.4, -0.2) is 18.4 Å². The maximum absolute atomic E-state index is 11.4. The average molecular weight is 268 g/mol. The van der Waals surface area contributed by atoms with Crippen LogP contribution >= 0.6 is 0 Å². The molecular weight excluding hydrogens is 240 g/mol. The Morgan fingerprint density at radius 3 is 2.37 bits per heavy atom. The van der Waals surface area contributed by atoms with Crippen molar-refractivity contribution < 1.29 is 14.3 Å². The van der Waals surface area contributed by atoms with E-state index in [1.165, 1.54) is 44.9 Å². The maximum Gasteiger partial charge on any atom is 0.309 e. The van der Waals surface area contributed by atoms with E-state index in [0.29, 0.717) is 6.42 Å². The minimum absolute atomic E-state index is 0.0672. The van der Waals surface area contributed by atoms with Crippen LogP contribution in [0.4, 0.5) is 0 Å². The number of ether oxygens (including phenoxy) is 1. The predicted molar refractivity (Wildman–Crippen MR) is 75.9 cm³/mol. The molecule has 3 nitrogen and oxygen atoms in total. The van der Waals surface area contributed by atoms with Gasteiger partial charge in [0.2, 0.25) is 0 Å². The SMILES string of the molecule is CCCCCCCCCC[C@H]1C[C@H](CC=O)C(=O)O1. The first-order chi connectivity index (χ1) is 9.27. The highest BCUT2D eigenvalue weighted by atomic mass is 16.5. The lowest BCUT2D eigenvalue weighted by molar-refractivity contribution is -0.145. The van der Waals surface area contributed by atoms with Crippen LogP contribution in [-0.2, 0) is 14.3 Å². The van der Waals surface area contributed by atoms with Crippen LogP contribution in [0.25, 0.3) is 0 Å². The molecule has 1 fully saturated rings. The summed E-state index contributed by atoms with van der Waals surface area (Å²) in [6.07, 6.45) is 13.3. The largest absolute Gasteiger partial charge is 0.462 e. The number of unbranched alkanes of at least 4 members (excludes halogenated alkanes) is 7. The highest BCUT2D eigenvalue weighted by Crippen LogP contribution is 2.26. The molecule has 1 rings (SSSR count). The summed E-state index contributed by atoms with van der Waals surface area (Å²) in [6, 6.07) is 0. The molecule has 0 aliphatic carbocycles. The van der Waals surface area contributed by atoms with Gasteiger partial charge in [0.25, 0.3) is 0 Å². The van der Waals surface area contributed by atoms with Gasteiger partial charge in [-0.2, -0.15) is 0 Å². The van der Waals surface area contributed by atoms with Gasteiger partial charge in [0.1, 0.15) is 12.4 Å². The fraction of sp³-hybridized carbons (Fsp3) is 0.875. The maximum atomic E-state index is 11.4. The number of aldehydes is 1. The van der Waals surface area contributed by atoms with Gasteiger partial charge in [0.05, 0.1) is 5.92 Å². The first-order valence-electron chi connectivity index (χ1n) is 7.92. The van der Waals surface area contributed by atoms with E-state index in [-0.39, 0.29) is 18.0 Å². The molecule has 1 saturated heterocycles. The quantitative estimate of drug-likeness (QED) is 0.323. The minimum Gasteiger partial charge on any atom is -0.462 e. The number of esters is 1. The Labute approximate surface area is 117 Å². The van der Waals surface area contributed by atoms with Gasteiger partial charge in [-0.15, -0.1) is 0 Å². The van der Waals surface area contributed by atoms with Crippen LogP contribution in [0.3, 0.4) is 0 Å². The van der Waals surface area contributed by atoms with E-state index >= 15 is 0 Å². The summed E-state index contributed by atoms with van der Waals surface area (Å²) in [6.45, 7) is 2.24. The second kappa shape index (κ2) is 9.99. The van der Waals surface area contributed by atoms with Crippen LogP contribution in [0.2, 0.25) is 0 Å². The van der Waals surface area contributed by atoms with E-state index in [0.717, 1.165) is 25.5 Å². The molecule has 2 atom stereocenters. The molecule has 1 aliphatic rings. The molecule has 0 saturated carbocycles. The lowest BCUT2D eigenvalue weighted by Gasteiger charge is -2.08. The summed E-state index contributed by atoms with van der Waals surface area (Å²) in [4.78, 5) is 21.8. The fourth-order valence-corrected chi connectivity index (χ4v) is 2.71. The van der Waals surface area contributed by atoms with Crippen molar-refractivity contribution in [3.8, 4) is 0 Å². The molecule has 19 heavy (non-hydrogen) atoms. The third-order valence-corrected chi connectivity index (χ3v) is 3.92. The van der Waals surface area contributed by atoms with Crippen LogP contribution in [0, 0.1) is 5.92 Å². The number of cyclic esters (lactones) is 1. The average Bonchev–Trinajstić information content (AvgIpc) is 2.74. The number of carbonyl (C=O) groups is 2. The van der Waals surface area contributed by atoms with Crippen molar-refractivity contribution in [1.29, 1.82) is 0 Å². The standard InChI is InChI=1S/C16H28O3/c1-2-3-4-5-6-7-8-9-10-15-13-14(11-12-17)16(18)19-15/h12,14-15H,2-11,13H2,1H3/t14-,15-/m0/s1. The molecule has 1 heterocycles. The highest BCUT2D eigenvalue weighted by molar-refractivity contribution is 5.77. The van der Waals surface area contributed by atoms with Crippen molar-refractivity contribution in [2.45, 2.75) is 83.7 Å². The molecule has 0 aromatic heterocycles. The zero-order valence-electron chi connectivity index (χ0n) is 12.2. The lowest BCUT2D eigenvalue weighted by Crippen LogP contribution is -2.07. The van der Waals surface area contributed by atoms with Crippen LogP contribution < -0.4 is 0 Å². The second-order valence-electron chi connectivity index (χ2n) is 5.66. The van der Waals surface area contributed by atoms with Crippen molar-refractivity contribution in [2.75, 3.05) is 0 Å². The molecule has 0 aromatic rings. The normalized spacial score (nSPS) is 22.5. The van der Waals surface area contributed by atoms with E-state index in [2.05, 4.69) is 6.92 Å². The van der Waals surface area contributed by atoms with Gasteiger partial charge >= 0.3 is 5.97 Å². The van der Waals surface area contributed by atoms with Crippen molar-refractivity contribution in [3.63, 3.8) is 0 Å². The monoisotopic (exact) mass is 268 g/mol. The first-order valence-corrected chi connectivity index (χ1v) is 7.92. The van der Waals surface area contributed by atoms with Gasteiger partial charge in [-0.05, 0) is 19.3 Å².